The van der Waals surface area contributed by atoms with Crippen LogP contribution >= 0.6 is 0 Å². The topological polar surface area (TPSA) is 91.9 Å². The second kappa shape index (κ2) is 4.57. The number of aromatic amines is 1. The van der Waals surface area contributed by atoms with Gasteiger partial charge in [-0.2, -0.15) is 13.5 Å². The molecule has 2 rings (SSSR count). The van der Waals surface area contributed by atoms with E-state index in [9.17, 15) is 17.6 Å². The number of aromatic nitrogens is 2. The molecule has 0 spiro atoms. The molecule has 0 radical (unpaired) electrons. The van der Waals surface area contributed by atoms with Gasteiger partial charge in [-0.05, 0) is 30.3 Å². The number of sulfonamides is 1. The summed E-state index contributed by atoms with van der Waals surface area (Å²) >= 11 is 0. The molecule has 8 heteroatoms. The molecule has 2 aromatic rings. The Morgan fingerprint density at radius 3 is 2.44 bits per heavy atom. The summed E-state index contributed by atoms with van der Waals surface area (Å²) in [4.78, 5) is 11.6. The summed E-state index contributed by atoms with van der Waals surface area (Å²) in [5.74, 6) is -1.35. The van der Waals surface area contributed by atoms with Gasteiger partial charge >= 0.3 is 0 Å². The molecular formula is C10H8FN3O3S. The molecule has 1 amide bonds. The Hall–Kier alpha value is -2.22. The van der Waals surface area contributed by atoms with Crippen molar-refractivity contribution in [2.75, 3.05) is 0 Å². The summed E-state index contributed by atoms with van der Waals surface area (Å²) < 4.78 is 37.8. The fourth-order valence-electron chi connectivity index (χ4n) is 1.23. The van der Waals surface area contributed by atoms with E-state index in [0.717, 1.165) is 12.1 Å². The second-order valence-corrected chi connectivity index (χ2v) is 5.01. The summed E-state index contributed by atoms with van der Waals surface area (Å²) in [6, 6.07) is 5.72. The minimum absolute atomic E-state index is 0.0412. The third-order valence-electron chi connectivity index (χ3n) is 2.10. The molecule has 0 fully saturated rings. The van der Waals surface area contributed by atoms with Crippen molar-refractivity contribution in [3.63, 3.8) is 0 Å². The number of H-pyrrole nitrogens is 1. The summed E-state index contributed by atoms with van der Waals surface area (Å²) in [5.41, 5.74) is 0.0412. The monoisotopic (exact) mass is 269 g/mol. The number of nitrogens with zero attached hydrogens (tertiary/aromatic N) is 1. The zero-order chi connectivity index (χ0) is 13.2. The van der Waals surface area contributed by atoms with Gasteiger partial charge in [0.2, 0.25) is 0 Å². The van der Waals surface area contributed by atoms with Crippen molar-refractivity contribution in [3.05, 3.63) is 47.9 Å². The number of amides is 1. The molecule has 0 saturated heterocycles. The number of hydrogen-bond donors (Lipinski definition) is 2. The van der Waals surface area contributed by atoms with Gasteiger partial charge in [0.15, 0.2) is 5.03 Å². The van der Waals surface area contributed by atoms with Crippen LogP contribution in [-0.4, -0.2) is 24.5 Å². The van der Waals surface area contributed by atoms with Crippen molar-refractivity contribution in [3.8, 4) is 0 Å². The van der Waals surface area contributed by atoms with Crippen LogP contribution in [0.4, 0.5) is 4.39 Å². The van der Waals surface area contributed by atoms with Crippen LogP contribution in [0.1, 0.15) is 10.4 Å². The molecule has 2 N–H and O–H groups in total. The maximum Gasteiger partial charge on any atom is 0.281 e. The van der Waals surface area contributed by atoms with E-state index in [2.05, 4.69) is 10.2 Å². The van der Waals surface area contributed by atoms with Crippen molar-refractivity contribution in [1.29, 1.82) is 0 Å². The molecule has 1 aromatic carbocycles. The number of hydrogen-bond acceptors (Lipinski definition) is 4. The lowest BCUT2D eigenvalue weighted by atomic mass is 10.2. The van der Waals surface area contributed by atoms with Crippen LogP contribution in [-0.2, 0) is 10.0 Å². The fourth-order valence-corrected chi connectivity index (χ4v) is 2.11. The van der Waals surface area contributed by atoms with Crippen molar-refractivity contribution < 1.29 is 17.6 Å². The Bertz CT molecular complexity index is 650. The largest absolute Gasteiger partial charge is 0.281 e. The molecule has 0 unspecified atom stereocenters. The first kappa shape index (κ1) is 12.2. The highest BCUT2D eigenvalue weighted by Gasteiger charge is 2.19. The number of carbonyl (C=O) groups is 1. The molecule has 18 heavy (non-hydrogen) atoms. The van der Waals surface area contributed by atoms with E-state index >= 15 is 0 Å². The molecule has 0 atom stereocenters. The lowest BCUT2D eigenvalue weighted by Gasteiger charge is -2.04. The van der Waals surface area contributed by atoms with Crippen LogP contribution in [0.2, 0.25) is 0 Å². The third-order valence-corrected chi connectivity index (χ3v) is 3.36. The van der Waals surface area contributed by atoms with Gasteiger partial charge in [0.1, 0.15) is 5.82 Å². The van der Waals surface area contributed by atoms with Gasteiger partial charge in [-0.15, -0.1) is 0 Å². The lowest BCUT2D eigenvalue weighted by Crippen LogP contribution is -2.30. The van der Waals surface area contributed by atoms with Crippen LogP contribution in [0.5, 0.6) is 0 Å². The molecule has 0 aliphatic rings. The van der Waals surface area contributed by atoms with Gasteiger partial charge in [0, 0.05) is 5.56 Å². The Kier molecular flexibility index (Phi) is 3.11. The van der Waals surface area contributed by atoms with Crippen LogP contribution in [0.25, 0.3) is 0 Å². The molecule has 0 bridgehead atoms. The van der Waals surface area contributed by atoms with Crippen LogP contribution in [0, 0.1) is 5.82 Å². The van der Waals surface area contributed by atoms with E-state index in [4.69, 9.17) is 0 Å². The highest BCUT2D eigenvalue weighted by Crippen LogP contribution is 2.06. The summed E-state index contributed by atoms with van der Waals surface area (Å²) in [7, 11) is -3.99. The normalized spacial score (nSPS) is 11.2. The Balaban J connectivity index is 2.20. The van der Waals surface area contributed by atoms with Crippen molar-refractivity contribution in [1.82, 2.24) is 14.9 Å². The number of carbonyl (C=O) groups excluding carboxylic acids is 1. The van der Waals surface area contributed by atoms with Gasteiger partial charge in [-0.25, -0.2) is 9.11 Å². The number of benzene rings is 1. The van der Waals surface area contributed by atoms with E-state index in [1.807, 2.05) is 4.72 Å². The van der Waals surface area contributed by atoms with Crippen molar-refractivity contribution in [2.45, 2.75) is 5.03 Å². The third kappa shape index (κ3) is 2.54. The van der Waals surface area contributed by atoms with Gasteiger partial charge in [0.05, 0.1) is 6.20 Å². The van der Waals surface area contributed by atoms with Gasteiger partial charge in [-0.1, -0.05) is 0 Å². The Labute approximate surface area is 102 Å². The van der Waals surface area contributed by atoms with Crippen LogP contribution in [0.3, 0.4) is 0 Å². The molecule has 1 heterocycles. The lowest BCUT2D eigenvalue weighted by molar-refractivity contribution is 0.0981. The summed E-state index contributed by atoms with van der Waals surface area (Å²) in [6.07, 6.45) is 1.25. The zero-order valence-electron chi connectivity index (χ0n) is 8.92. The molecule has 1 aromatic heterocycles. The standard InChI is InChI=1S/C10H8FN3O3S/c11-8-3-1-7(2-4-8)10(15)14-18(16,17)9-5-6-12-13-9/h1-6H,(H,12,13)(H,14,15). The Morgan fingerprint density at radius 1 is 1.22 bits per heavy atom. The fraction of sp³-hybridized carbons (Fsp3) is 0. The molecule has 0 aliphatic carbocycles. The van der Waals surface area contributed by atoms with Crippen LogP contribution in [0.15, 0.2) is 41.6 Å². The van der Waals surface area contributed by atoms with E-state index in [-0.39, 0.29) is 10.6 Å². The summed E-state index contributed by atoms with van der Waals surface area (Å²) in [6.45, 7) is 0. The molecular weight excluding hydrogens is 261 g/mol. The van der Waals surface area contributed by atoms with Gasteiger partial charge in [0.25, 0.3) is 15.9 Å². The first-order valence-corrected chi connectivity index (χ1v) is 6.29. The van der Waals surface area contributed by atoms with Crippen molar-refractivity contribution in [2.24, 2.45) is 0 Å². The average Bonchev–Trinajstić information content (AvgIpc) is 2.83. The highest BCUT2D eigenvalue weighted by atomic mass is 32.2. The van der Waals surface area contributed by atoms with Crippen LogP contribution < -0.4 is 4.72 Å². The first-order valence-electron chi connectivity index (χ1n) is 4.81. The minimum Gasteiger partial charge on any atom is -0.268 e. The second-order valence-electron chi connectivity index (χ2n) is 3.36. The van der Waals surface area contributed by atoms with E-state index in [0.29, 0.717) is 0 Å². The number of nitrogens with one attached hydrogen (secondary N) is 2. The smallest absolute Gasteiger partial charge is 0.268 e. The highest BCUT2D eigenvalue weighted by molar-refractivity contribution is 7.90. The van der Waals surface area contributed by atoms with Gasteiger partial charge < -0.3 is 0 Å². The predicted molar refractivity (Wildman–Crippen MR) is 59.6 cm³/mol. The van der Waals surface area contributed by atoms with E-state index < -0.39 is 21.7 Å². The average molecular weight is 269 g/mol. The molecule has 0 saturated carbocycles. The predicted octanol–water partition coefficient (Wildman–Crippen LogP) is 0.667. The first-order chi connectivity index (χ1) is 8.49. The molecule has 94 valence electrons. The Morgan fingerprint density at radius 2 is 1.89 bits per heavy atom. The van der Waals surface area contributed by atoms with E-state index in [1.165, 1.54) is 24.4 Å². The quantitative estimate of drug-likeness (QED) is 0.856. The van der Waals surface area contributed by atoms with Gasteiger partial charge in [-0.3, -0.25) is 9.89 Å². The SMILES string of the molecule is O=C(NS(=O)(=O)c1ccn[nH]1)c1ccc(F)cc1. The maximum absolute atomic E-state index is 12.6. The van der Waals surface area contributed by atoms with Crippen molar-refractivity contribution >= 4 is 15.9 Å². The zero-order valence-corrected chi connectivity index (χ0v) is 9.74. The number of halogens is 1. The minimum atomic E-state index is -3.99. The maximum atomic E-state index is 12.6. The molecule has 0 aliphatic heterocycles. The molecule has 6 nitrogen and oxygen atoms in total. The van der Waals surface area contributed by atoms with E-state index in [1.54, 1.807) is 0 Å². The summed E-state index contributed by atoms with van der Waals surface area (Å²) in [5, 5.41) is 5.48. The number of rotatable bonds is 3.